The number of ether oxygens (including phenoxy) is 1. The molecule has 0 bridgehead atoms. The second kappa shape index (κ2) is 7.16. The summed E-state index contributed by atoms with van der Waals surface area (Å²) >= 11 is 0. The fourth-order valence-corrected chi connectivity index (χ4v) is 4.51. The summed E-state index contributed by atoms with van der Waals surface area (Å²) in [4.78, 5) is 0.140. The van der Waals surface area contributed by atoms with Gasteiger partial charge in [-0.2, -0.15) is 0 Å². The van der Waals surface area contributed by atoms with E-state index in [4.69, 9.17) is 9.15 Å². The van der Waals surface area contributed by atoms with Crippen LogP contribution in [0.25, 0.3) is 11.5 Å². The van der Waals surface area contributed by atoms with E-state index in [-0.39, 0.29) is 17.3 Å². The molecule has 0 spiro atoms. The Labute approximate surface area is 158 Å². The molecule has 0 saturated carbocycles. The molecule has 0 aliphatic rings. The van der Waals surface area contributed by atoms with Crippen molar-refractivity contribution in [2.24, 2.45) is 7.05 Å². The van der Waals surface area contributed by atoms with Crippen LogP contribution in [0, 0.1) is 20.8 Å². The van der Waals surface area contributed by atoms with Crippen molar-refractivity contribution in [2.75, 3.05) is 7.11 Å². The van der Waals surface area contributed by atoms with Gasteiger partial charge in [-0.05, 0) is 19.9 Å². The first-order chi connectivity index (χ1) is 12.8. The van der Waals surface area contributed by atoms with Gasteiger partial charge in [-0.25, -0.2) is 13.1 Å². The monoisotopic (exact) mass is 390 g/mol. The Kier molecular flexibility index (Phi) is 5.07. The van der Waals surface area contributed by atoms with Crippen LogP contribution >= 0.6 is 0 Å². The maximum atomic E-state index is 13.1. The molecular formula is C18H22N4O4S. The molecule has 0 amide bonds. The van der Waals surface area contributed by atoms with Crippen LogP contribution in [0.2, 0.25) is 0 Å². The molecule has 0 aliphatic carbocycles. The Hall–Kier alpha value is -2.65. The lowest BCUT2D eigenvalue weighted by molar-refractivity contribution is 0.409. The van der Waals surface area contributed by atoms with Crippen LogP contribution in [0.4, 0.5) is 0 Å². The van der Waals surface area contributed by atoms with Gasteiger partial charge < -0.3 is 13.7 Å². The van der Waals surface area contributed by atoms with E-state index in [2.05, 4.69) is 14.9 Å². The first-order valence-corrected chi connectivity index (χ1v) is 9.82. The normalized spacial score (nSPS) is 11.7. The fraction of sp³-hybridized carbons (Fsp3) is 0.333. The molecule has 1 N–H and O–H groups in total. The molecular weight excluding hydrogens is 368 g/mol. The van der Waals surface area contributed by atoms with Crippen LogP contribution in [0.3, 0.4) is 0 Å². The number of methoxy groups -OCH3 is 1. The van der Waals surface area contributed by atoms with Gasteiger partial charge in [-0.1, -0.05) is 18.2 Å². The molecule has 1 aromatic carbocycles. The van der Waals surface area contributed by atoms with E-state index in [1.54, 1.807) is 38.6 Å². The molecule has 2 aromatic heterocycles. The SMILES string of the molecule is COc1ccccc1CNS(=O)(=O)c1c(-c2nnc(C)o2)c(C)n(C)c1C. The summed E-state index contributed by atoms with van der Waals surface area (Å²) in [5, 5.41) is 7.83. The van der Waals surface area contributed by atoms with Gasteiger partial charge in [0.1, 0.15) is 10.6 Å². The highest BCUT2D eigenvalue weighted by Gasteiger charge is 2.30. The van der Waals surface area contributed by atoms with Crippen molar-refractivity contribution in [3.05, 3.63) is 47.1 Å². The largest absolute Gasteiger partial charge is 0.496 e. The molecule has 3 rings (SSSR count). The topological polar surface area (TPSA) is 99.2 Å². The Bertz CT molecular complexity index is 1080. The standard InChI is InChI=1S/C18H22N4O4S/c1-11-16(18-21-20-13(3)26-18)17(12(2)22(11)4)27(23,24)19-10-14-8-6-7-9-15(14)25-5/h6-9,19H,10H2,1-5H3. The van der Waals surface area contributed by atoms with Crippen molar-refractivity contribution in [3.8, 4) is 17.2 Å². The van der Waals surface area contributed by atoms with Crippen LogP contribution in [-0.2, 0) is 23.6 Å². The minimum absolute atomic E-state index is 0.0992. The highest BCUT2D eigenvalue weighted by Crippen LogP contribution is 2.34. The first kappa shape index (κ1) is 19.1. The zero-order valence-electron chi connectivity index (χ0n) is 15.9. The van der Waals surface area contributed by atoms with E-state index in [1.165, 1.54) is 0 Å². The highest BCUT2D eigenvalue weighted by atomic mass is 32.2. The van der Waals surface area contributed by atoms with Gasteiger partial charge in [0.2, 0.25) is 15.9 Å². The Morgan fingerprint density at radius 3 is 2.48 bits per heavy atom. The van der Waals surface area contributed by atoms with Crippen molar-refractivity contribution in [1.29, 1.82) is 0 Å². The van der Waals surface area contributed by atoms with Gasteiger partial charge in [0, 0.05) is 37.5 Å². The Balaban J connectivity index is 2.03. The van der Waals surface area contributed by atoms with Crippen LogP contribution in [0.5, 0.6) is 5.75 Å². The third kappa shape index (κ3) is 3.47. The van der Waals surface area contributed by atoms with Crippen molar-refractivity contribution in [1.82, 2.24) is 19.5 Å². The third-order valence-electron chi connectivity index (χ3n) is 4.58. The van der Waals surface area contributed by atoms with E-state index in [9.17, 15) is 8.42 Å². The number of aryl methyl sites for hydroxylation is 1. The number of hydrogen-bond donors (Lipinski definition) is 1. The van der Waals surface area contributed by atoms with E-state index in [0.717, 1.165) is 11.3 Å². The second-order valence-electron chi connectivity index (χ2n) is 6.20. The molecule has 0 radical (unpaired) electrons. The number of nitrogens with zero attached hydrogens (tertiary/aromatic N) is 3. The zero-order valence-corrected chi connectivity index (χ0v) is 16.7. The van der Waals surface area contributed by atoms with Crippen LogP contribution in [0.1, 0.15) is 22.8 Å². The number of benzene rings is 1. The summed E-state index contributed by atoms with van der Waals surface area (Å²) < 4.78 is 41.5. The number of sulfonamides is 1. The van der Waals surface area contributed by atoms with Gasteiger partial charge in [-0.3, -0.25) is 0 Å². The third-order valence-corrected chi connectivity index (χ3v) is 6.14. The van der Waals surface area contributed by atoms with Gasteiger partial charge >= 0.3 is 0 Å². The van der Waals surface area contributed by atoms with Crippen molar-refractivity contribution >= 4 is 10.0 Å². The average molecular weight is 390 g/mol. The lowest BCUT2D eigenvalue weighted by Gasteiger charge is -2.11. The Morgan fingerprint density at radius 1 is 1.15 bits per heavy atom. The molecule has 3 aromatic rings. The molecule has 27 heavy (non-hydrogen) atoms. The number of para-hydroxylation sites is 1. The lowest BCUT2D eigenvalue weighted by Crippen LogP contribution is -2.24. The molecule has 8 nitrogen and oxygen atoms in total. The number of hydrogen-bond acceptors (Lipinski definition) is 6. The number of rotatable bonds is 6. The van der Waals surface area contributed by atoms with Crippen LogP contribution < -0.4 is 9.46 Å². The summed E-state index contributed by atoms with van der Waals surface area (Å²) in [7, 11) is -0.488. The number of aromatic nitrogens is 3. The molecule has 0 unspecified atom stereocenters. The minimum Gasteiger partial charge on any atom is -0.496 e. The Morgan fingerprint density at radius 2 is 1.85 bits per heavy atom. The van der Waals surface area contributed by atoms with Crippen molar-refractivity contribution in [2.45, 2.75) is 32.2 Å². The lowest BCUT2D eigenvalue weighted by atomic mass is 10.2. The predicted molar refractivity (Wildman–Crippen MR) is 99.9 cm³/mol. The highest BCUT2D eigenvalue weighted by molar-refractivity contribution is 7.89. The second-order valence-corrected chi connectivity index (χ2v) is 7.90. The predicted octanol–water partition coefficient (Wildman–Crippen LogP) is 2.49. The minimum atomic E-state index is -3.84. The van der Waals surface area contributed by atoms with Crippen molar-refractivity contribution < 1.29 is 17.6 Å². The van der Waals surface area contributed by atoms with E-state index < -0.39 is 10.0 Å². The van der Waals surface area contributed by atoms with Gasteiger partial charge in [0.05, 0.1) is 12.7 Å². The first-order valence-electron chi connectivity index (χ1n) is 8.34. The molecule has 0 fully saturated rings. The van der Waals surface area contributed by atoms with Gasteiger partial charge in [0.15, 0.2) is 0 Å². The summed E-state index contributed by atoms with van der Waals surface area (Å²) in [5.41, 5.74) is 2.48. The van der Waals surface area contributed by atoms with Crippen LogP contribution in [-0.4, -0.2) is 30.3 Å². The fourth-order valence-electron chi connectivity index (χ4n) is 2.99. The summed E-state index contributed by atoms with van der Waals surface area (Å²) in [5.74, 6) is 1.18. The summed E-state index contributed by atoms with van der Waals surface area (Å²) in [6.45, 7) is 5.33. The van der Waals surface area contributed by atoms with Gasteiger partial charge in [-0.15, -0.1) is 10.2 Å². The van der Waals surface area contributed by atoms with E-state index in [1.807, 2.05) is 25.1 Å². The molecule has 0 saturated heterocycles. The zero-order chi connectivity index (χ0) is 19.8. The summed E-state index contributed by atoms with van der Waals surface area (Å²) in [6, 6.07) is 7.26. The molecule has 0 atom stereocenters. The van der Waals surface area contributed by atoms with E-state index >= 15 is 0 Å². The van der Waals surface area contributed by atoms with Crippen LogP contribution in [0.15, 0.2) is 33.6 Å². The smallest absolute Gasteiger partial charge is 0.250 e. The number of nitrogens with one attached hydrogen (secondary N) is 1. The maximum absolute atomic E-state index is 13.1. The summed E-state index contributed by atoms with van der Waals surface area (Å²) in [6.07, 6.45) is 0. The average Bonchev–Trinajstić information content (AvgIpc) is 3.17. The molecule has 9 heteroatoms. The maximum Gasteiger partial charge on any atom is 0.250 e. The molecule has 144 valence electrons. The van der Waals surface area contributed by atoms with Gasteiger partial charge in [0.25, 0.3) is 5.89 Å². The van der Waals surface area contributed by atoms with E-state index in [0.29, 0.717) is 22.9 Å². The van der Waals surface area contributed by atoms with Crippen molar-refractivity contribution in [3.63, 3.8) is 0 Å². The quantitative estimate of drug-likeness (QED) is 0.694. The molecule has 0 aliphatic heterocycles. The molecule has 2 heterocycles.